The van der Waals surface area contributed by atoms with Crippen LogP contribution in [-0.4, -0.2) is 32.7 Å². The number of carboxylic acids is 1. The number of aromatic nitrogens is 2. The first-order chi connectivity index (χ1) is 19.0. The molecule has 4 heterocycles. The number of carbonyl (C=O) groups is 2. The summed E-state index contributed by atoms with van der Waals surface area (Å²) in [5, 5.41) is 16.9. The molecule has 1 amide bonds. The molecule has 13 heteroatoms. The van der Waals surface area contributed by atoms with Gasteiger partial charge in [0.15, 0.2) is 5.82 Å². The number of nitrogens with zero attached hydrogens (tertiary/aromatic N) is 2. The molecule has 3 aromatic rings. The van der Waals surface area contributed by atoms with Crippen LogP contribution in [0.1, 0.15) is 71.4 Å². The van der Waals surface area contributed by atoms with E-state index < -0.39 is 18.2 Å². The zero-order valence-electron chi connectivity index (χ0n) is 21.9. The lowest BCUT2D eigenvalue weighted by Gasteiger charge is -2.21. The van der Waals surface area contributed by atoms with Crippen molar-refractivity contribution in [3.05, 3.63) is 79.5 Å². The second-order valence-electron chi connectivity index (χ2n) is 9.58. The Hall–Kier alpha value is -3.71. The fourth-order valence-corrected chi connectivity index (χ4v) is 5.91. The molecule has 0 saturated heterocycles. The van der Waals surface area contributed by atoms with Gasteiger partial charge in [-0.1, -0.05) is 37.3 Å². The summed E-state index contributed by atoms with van der Waals surface area (Å²) in [7, 11) is 0. The van der Waals surface area contributed by atoms with Crippen LogP contribution in [0.15, 0.2) is 47.4 Å². The van der Waals surface area contributed by atoms with E-state index in [0.29, 0.717) is 18.7 Å². The summed E-state index contributed by atoms with van der Waals surface area (Å²) < 4.78 is 33.4. The van der Waals surface area contributed by atoms with Gasteiger partial charge in [-0.3, -0.25) is 14.2 Å². The predicted octanol–water partition coefficient (Wildman–Crippen LogP) is 4.47. The van der Waals surface area contributed by atoms with Crippen molar-refractivity contribution in [2.24, 2.45) is 0 Å². The van der Waals surface area contributed by atoms with Crippen LogP contribution in [0.25, 0.3) is 0 Å². The number of hydrogen-bond donors (Lipinski definition) is 4. The highest BCUT2D eigenvalue weighted by Gasteiger charge is 2.38. The quantitative estimate of drug-likeness (QED) is 0.327. The number of hydrogen-bond acceptors (Lipinski definition) is 7. The van der Waals surface area contributed by atoms with Crippen LogP contribution in [0.4, 0.5) is 19.0 Å². The molecule has 0 radical (unpaired) electrons. The number of benzene rings is 1. The van der Waals surface area contributed by atoms with Gasteiger partial charge in [0.05, 0.1) is 12.1 Å². The van der Waals surface area contributed by atoms with Crippen molar-refractivity contribution >= 4 is 29.0 Å². The minimum atomic E-state index is -5.08. The van der Waals surface area contributed by atoms with Gasteiger partial charge < -0.3 is 21.1 Å². The van der Waals surface area contributed by atoms with Crippen LogP contribution in [0.5, 0.6) is 0 Å². The molecule has 0 saturated carbocycles. The number of rotatable bonds is 7. The van der Waals surface area contributed by atoms with E-state index in [2.05, 4.69) is 33.9 Å². The normalized spacial score (nSPS) is 17.2. The minimum absolute atomic E-state index is 0.0194. The van der Waals surface area contributed by atoms with E-state index in [-0.39, 0.29) is 23.6 Å². The Kier molecular flexibility index (Phi) is 8.94. The zero-order valence-corrected chi connectivity index (χ0v) is 22.7. The van der Waals surface area contributed by atoms with Crippen molar-refractivity contribution in [3.63, 3.8) is 0 Å². The number of carboxylic acid groups (broad SMARTS) is 1. The molecule has 0 aliphatic carbocycles. The Morgan fingerprint density at radius 1 is 1.25 bits per heavy atom. The average molecular weight is 578 g/mol. The van der Waals surface area contributed by atoms with Gasteiger partial charge in [0.2, 0.25) is 5.91 Å². The number of aliphatic carboxylic acids is 1. The standard InChI is InChI=1S/C25H29N5O2S.C2HF3O2/c1-3-19(16-7-5-4-6-8-16)29-23-25(32)30-18(13-27-23)9-10-20(30)24(31)28-15(2)21-11-17-12-26-14-22(17)33-21;3-2(4,5)1(6)7/h4-8,11,13,15,19-20,26H,3,9-10,12,14H2,1-2H3,(H,27,29)(H,28,31);(H,6,7)/t15-,19-,20+;/m1./s1. The highest BCUT2D eigenvalue weighted by molar-refractivity contribution is 7.12. The number of aryl methyl sites for hydroxylation is 1. The van der Waals surface area contributed by atoms with Crippen molar-refractivity contribution in [3.8, 4) is 0 Å². The first-order valence-electron chi connectivity index (χ1n) is 12.8. The first-order valence-corrected chi connectivity index (χ1v) is 13.7. The number of alkyl halides is 3. The summed E-state index contributed by atoms with van der Waals surface area (Å²) in [6.45, 7) is 5.87. The van der Waals surface area contributed by atoms with E-state index in [9.17, 15) is 22.8 Å². The Bertz CT molecular complexity index is 1400. The average Bonchev–Trinajstić information content (AvgIpc) is 3.64. The molecule has 0 bridgehead atoms. The van der Waals surface area contributed by atoms with Crippen LogP contribution in [0, 0.1) is 0 Å². The smallest absolute Gasteiger partial charge is 0.475 e. The van der Waals surface area contributed by atoms with Crippen molar-refractivity contribution in [2.75, 3.05) is 5.32 Å². The Labute approximate surface area is 232 Å². The maximum Gasteiger partial charge on any atom is 0.490 e. The molecular weight excluding hydrogens is 547 g/mol. The number of carbonyl (C=O) groups excluding carboxylic acids is 1. The molecular formula is C27H30F3N5O4S. The highest BCUT2D eigenvalue weighted by atomic mass is 32.1. The first kappa shape index (κ1) is 29.3. The molecule has 4 N–H and O–H groups in total. The maximum atomic E-state index is 13.4. The van der Waals surface area contributed by atoms with E-state index in [0.717, 1.165) is 35.6 Å². The van der Waals surface area contributed by atoms with Crippen LogP contribution >= 0.6 is 11.3 Å². The van der Waals surface area contributed by atoms with E-state index in [1.807, 2.05) is 37.3 Å². The van der Waals surface area contributed by atoms with Crippen molar-refractivity contribution in [1.29, 1.82) is 0 Å². The third-order valence-corrected chi connectivity index (χ3v) is 8.19. The van der Waals surface area contributed by atoms with Crippen LogP contribution in [0.3, 0.4) is 0 Å². The molecule has 9 nitrogen and oxygen atoms in total. The number of nitrogens with one attached hydrogen (secondary N) is 3. The van der Waals surface area contributed by atoms with Crippen LogP contribution < -0.4 is 21.5 Å². The monoisotopic (exact) mass is 577 g/mol. The zero-order chi connectivity index (χ0) is 29.0. The predicted molar refractivity (Wildman–Crippen MR) is 144 cm³/mol. The van der Waals surface area contributed by atoms with Crippen molar-refractivity contribution < 1.29 is 27.9 Å². The summed E-state index contributed by atoms with van der Waals surface area (Å²) >= 11 is 1.75. The molecule has 40 heavy (non-hydrogen) atoms. The summed E-state index contributed by atoms with van der Waals surface area (Å²) in [5.41, 5.74) is 3.01. The van der Waals surface area contributed by atoms with Gasteiger partial charge in [-0.25, -0.2) is 9.78 Å². The Morgan fingerprint density at radius 2 is 1.95 bits per heavy atom. The van der Waals surface area contributed by atoms with Gasteiger partial charge in [-0.05, 0) is 43.4 Å². The molecule has 0 unspecified atom stereocenters. The number of thiophene rings is 1. The molecule has 2 aliphatic heterocycles. The molecule has 2 aliphatic rings. The molecule has 1 aromatic carbocycles. The fourth-order valence-electron chi connectivity index (χ4n) is 4.75. The van der Waals surface area contributed by atoms with Gasteiger partial charge in [0.25, 0.3) is 5.56 Å². The second-order valence-corrected chi connectivity index (χ2v) is 10.7. The lowest BCUT2D eigenvalue weighted by molar-refractivity contribution is -0.192. The fraction of sp³-hybridized carbons (Fsp3) is 0.407. The molecule has 2 aromatic heterocycles. The van der Waals surface area contributed by atoms with Gasteiger partial charge in [0, 0.05) is 34.7 Å². The Morgan fingerprint density at radius 3 is 2.58 bits per heavy atom. The second kappa shape index (κ2) is 12.2. The number of anilines is 1. The van der Waals surface area contributed by atoms with E-state index in [1.165, 1.54) is 10.4 Å². The minimum Gasteiger partial charge on any atom is -0.475 e. The molecule has 0 fully saturated rings. The number of amides is 1. The SMILES string of the molecule is CC[C@@H](Nc1ncc2n(c1=O)[C@H](C(=O)N[C@H](C)c1cc3c(s1)CNC3)CC2)c1ccccc1.O=C(O)C(F)(F)F. The van der Waals surface area contributed by atoms with Crippen LogP contribution in [-0.2, 0) is 29.1 Å². The summed E-state index contributed by atoms with van der Waals surface area (Å²) in [6.07, 6.45) is -1.26. The van der Waals surface area contributed by atoms with E-state index in [4.69, 9.17) is 9.90 Å². The highest BCUT2D eigenvalue weighted by Crippen LogP contribution is 2.31. The lowest BCUT2D eigenvalue weighted by atomic mass is 10.0. The van der Waals surface area contributed by atoms with Crippen molar-refractivity contribution in [1.82, 2.24) is 20.2 Å². The number of fused-ring (bicyclic) bond motifs is 2. The van der Waals surface area contributed by atoms with E-state index >= 15 is 0 Å². The van der Waals surface area contributed by atoms with Gasteiger partial charge in [0.1, 0.15) is 6.04 Å². The largest absolute Gasteiger partial charge is 0.490 e. The molecule has 5 rings (SSSR count). The van der Waals surface area contributed by atoms with Crippen molar-refractivity contribution in [2.45, 2.75) is 70.5 Å². The third-order valence-electron chi connectivity index (χ3n) is 6.83. The van der Waals surface area contributed by atoms with E-state index in [1.54, 1.807) is 22.1 Å². The Balaban J connectivity index is 0.000000470. The molecule has 214 valence electrons. The van der Waals surface area contributed by atoms with Gasteiger partial charge in [-0.15, -0.1) is 11.3 Å². The summed E-state index contributed by atoms with van der Waals surface area (Å²) in [5.74, 6) is -2.57. The molecule has 3 atom stereocenters. The van der Waals surface area contributed by atoms with Gasteiger partial charge >= 0.3 is 12.1 Å². The lowest BCUT2D eigenvalue weighted by Crippen LogP contribution is -2.37. The van der Waals surface area contributed by atoms with Crippen LogP contribution in [0.2, 0.25) is 0 Å². The maximum absolute atomic E-state index is 13.4. The third kappa shape index (κ3) is 6.53. The summed E-state index contributed by atoms with van der Waals surface area (Å²) in [6, 6.07) is 11.6. The summed E-state index contributed by atoms with van der Waals surface area (Å²) in [4.78, 5) is 42.4. The van der Waals surface area contributed by atoms with Gasteiger partial charge in [-0.2, -0.15) is 13.2 Å². The number of halogens is 3. The topological polar surface area (TPSA) is 125 Å². The molecule has 0 spiro atoms.